The minimum absolute atomic E-state index is 0.0461. The second-order valence-corrected chi connectivity index (χ2v) is 10.9. The molecule has 0 radical (unpaired) electrons. The molecule has 1 N–H and O–H groups in total. The number of hydrogen-bond acceptors (Lipinski definition) is 4. The first-order chi connectivity index (χ1) is 21.5. The number of ether oxygens (including phenoxy) is 1. The lowest BCUT2D eigenvalue weighted by Crippen LogP contribution is -2.39. The molecule has 6 nitrogen and oxygen atoms in total. The summed E-state index contributed by atoms with van der Waals surface area (Å²) in [5.41, 5.74) is 1.07. The number of benzene rings is 2. The van der Waals surface area contributed by atoms with Gasteiger partial charge in [0.1, 0.15) is 5.75 Å². The molecule has 7 heteroatoms. The molecule has 2 amide bonds. The highest BCUT2D eigenvalue weighted by molar-refractivity contribution is 6.30. The summed E-state index contributed by atoms with van der Waals surface area (Å²) in [5, 5.41) is 3.59. The molecule has 0 spiro atoms. The third-order valence-electron chi connectivity index (χ3n) is 6.95. The molecule has 2 aromatic rings. The van der Waals surface area contributed by atoms with Crippen LogP contribution in [0.3, 0.4) is 0 Å². The van der Waals surface area contributed by atoms with Crippen LogP contribution in [0.5, 0.6) is 5.75 Å². The van der Waals surface area contributed by atoms with Crippen molar-refractivity contribution in [3.63, 3.8) is 0 Å². The maximum atomic E-state index is 12.7. The van der Waals surface area contributed by atoms with Crippen molar-refractivity contribution in [2.24, 2.45) is 0 Å². The van der Waals surface area contributed by atoms with E-state index in [4.69, 9.17) is 16.3 Å². The van der Waals surface area contributed by atoms with E-state index in [0.717, 1.165) is 32.1 Å². The Balaban J connectivity index is 1.27. The molecule has 0 saturated carbocycles. The molecule has 1 aliphatic heterocycles. The average Bonchev–Trinajstić information content (AvgIpc) is 3.50. The molecule has 1 saturated heterocycles. The molecule has 2 aromatic carbocycles. The van der Waals surface area contributed by atoms with Crippen molar-refractivity contribution in [1.82, 2.24) is 10.2 Å². The van der Waals surface area contributed by atoms with Crippen molar-refractivity contribution in [2.75, 3.05) is 19.7 Å². The van der Waals surface area contributed by atoms with Gasteiger partial charge >= 0.3 is 0 Å². The van der Waals surface area contributed by atoms with Crippen molar-refractivity contribution in [3.05, 3.63) is 125 Å². The van der Waals surface area contributed by atoms with Crippen LogP contribution in [-0.2, 0) is 9.59 Å². The zero-order valence-electron chi connectivity index (χ0n) is 25.5. The van der Waals surface area contributed by atoms with Gasteiger partial charge < -0.3 is 15.0 Å². The van der Waals surface area contributed by atoms with Crippen LogP contribution in [-0.4, -0.2) is 48.2 Å². The number of amides is 2. The summed E-state index contributed by atoms with van der Waals surface area (Å²) in [6.07, 6.45) is 26.9. The molecular formula is C37H43ClN2O4. The Kier molecular flexibility index (Phi) is 15.5. The number of carbonyl (C=O) groups excluding carboxylic acids is 3. The zero-order valence-corrected chi connectivity index (χ0v) is 26.3. The van der Waals surface area contributed by atoms with Crippen LogP contribution in [0.25, 0.3) is 0 Å². The first-order valence-electron chi connectivity index (χ1n) is 15.3. The standard InChI is InChI=1S/C37H43ClN2O4/c1-2-3-4-5-6-7-8-9-10-11-12-13-14-15-16-17-35(41)39-33-26-27-40(28-33)36(42)29-44-34-24-20-31(21-25-34)37(43)30-18-22-32(38)23-19-30/h3-4,6-7,9-10,12-13,15-16,18-25,33H,2,5,8,11,14,17,26-29H2,1H3,(H,39,41)/t33-/m0/s1. The number of ketones is 1. The summed E-state index contributed by atoms with van der Waals surface area (Å²) in [4.78, 5) is 39.3. The molecule has 1 aliphatic rings. The smallest absolute Gasteiger partial charge is 0.260 e. The number of rotatable bonds is 17. The van der Waals surface area contributed by atoms with Crippen molar-refractivity contribution < 1.29 is 19.1 Å². The van der Waals surface area contributed by atoms with Crippen molar-refractivity contribution in [2.45, 2.75) is 57.9 Å². The van der Waals surface area contributed by atoms with Gasteiger partial charge in [-0.3, -0.25) is 14.4 Å². The van der Waals surface area contributed by atoms with Gasteiger partial charge in [-0.15, -0.1) is 0 Å². The molecule has 0 bridgehead atoms. The van der Waals surface area contributed by atoms with Crippen LogP contribution >= 0.6 is 11.6 Å². The van der Waals surface area contributed by atoms with E-state index in [1.54, 1.807) is 53.4 Å². The summed E-state index contributed by atoms with van der Waals surface area (Å²) < 4.78 is 5.66. The van der Waals surface area contributed by atoms with E-state index in [0.29, 0.717) is 47.8 Å². The molecule has 1 atom stereocenters. The largest absolute Gasteiger partial charge is 0.484 e. The van der Waals surface area contributed by atoms with Gasteiger partial charge in [-0.05, 0) is 87.1 Å². The molecular weight excluding hydrogens is 572 g/mol. The van der Waals surface area contributed by atoms with Crippen molar-refractivity contribution in [3.8, 4) is 5.75 Å². The van der Waals surface area contributed by atoms with E-state index in [9.17, 15) is 14.4 Å². The Morgan fingerprint density at radius 2 is 1.32 bits per heavy atom. The second-order valence-electron chi connectivity index (χ2n) is 10.5. The lowest BCUT2D eigenvalue weighted by atomic mass is 10.0. The Morgan fingerprint density at radius 1 is 0.795 bits per heavy atom. The van der Waals surface area contributed by atoms with Crippen LogP contribution in [0.4, 0.5) is 0 Å². The quantitative estimate of drug-likeness (QED) is 0.146. The summed E-state index contributed by atoms with van der Waals surface area (Å²) >= 11 is 5.90. The van der Waals surface area contributed by atoms with Crippen LogP contribution in [0.2, 0.25) is 5.02 Å². The van der Waals surface area contributed by atoms with Gasteiger partial charge in [0.25, 0.3) is 5.91 Å². The monoisotopic (exact) mass is 614 g/mol. The summed E-state index contributed by atoms with van der Waals surface area (Å²) in [5.74, 6) is 0.207. The molecule has 1 heterocycles. The number of nitrogens with one attached hydrogen (secondary N) is 1. The van der Waals surface area contributed by atoms with Gasteiger partial charge in [-0.2, -0.15) is 0 Å². The maximum absolute atomic E-state index is 12.7. The van der Waals surface area contributed by atoms with Crippen LogP contribution in [0.1, 0.15) is 67.8 Å². The number of halogens is 1. The second kappa shape index (κ2) is 19.9. The molecule has 0 unspecified atom stereocenters. The van der Waals surface area contributed by atoms with Gasteiger partial charge in [0.05, 0.1) is 0 Å². The van der Waals surface area contributed by atoms with Crippen molar-refractivity contribution >= 4 is 29.2 Å². The fourth-order valence-corrected chi connectivity index (χ4v) is 4.67. The molecule has 44 heavy (non-hydrogen) atoms. The lowest BCUT2D eigenvalue weighted by molar-refractivity contribution is -0.132. The average molecular weight is 615 g/mol. The molecule has 3 rings (SSSR count). The van der Waals surface area contributed by atoms with Crippen LogP contribution in [0.15, 0.2) is 109 Å². The van der Waals surface area contributed by atoms with Gasteiger partial charge in [-0.25, -0.2) is 0 Å². The first-order valence-corrected chi connectivity index (χ1v) is 15.7. The highest BCUT2D eigenvalue weighted by atomic mass is 35.5. The number of hydrogen-bond donors (Lipinski definition) is 1. The maximum Gasteiger partial charge on any atom is 0.260 e. The Hall–Kier alpha value is -4.16. The molecule has 0 aromatic heterocycles. The fourth-order valence-electron chi connectivity index (χ4n) is 4.54. The topological polar surface area (TPSA) is 75.7 Å². The third kappa shape index (κ3) is 13.0. The minimum Gasteiger partial charge on any atom is -0.484 e. The van der Waals surface area contributed by atoms with Crippen LogP contribution < -0.4 is 10.1 Å². The van der Waals surface area contributed by atoms with E-state index in [2.05, 4.69) is 60.8 Å². The van der Waals surface area contributed by atoms with E-state index >= 15 is 0 Å². The fraction of sp³-hybridized carbons (Fsp3) is 0.324. The number of carbonyl (C=O) groups is 3. The number of nitrogens with zero attached hydrogens (tertiary/aromatic N) is 1. The Morgan fingerprint density at radius 3 is 1.89 bits per heavy atom. The van der Waals surface area contributed by atoms with E-state index in [1.807, 2.05) is 12.2 Å². The van der Waals surface area contributed by atoms with E-state index in [1.165, 1.54) is 0 Å². The number of likely N-dealkylation sites (tertiary alicyclic amines) is 1. The molecule has 1 fully saturated rings. The van der Waals surface area contributed by atoms with E-state index in [-0.39, 0.29) is 30.2 Å². The summed E-state index contributed by atoms with van der Waals surface area (Å²) in [7, 11) is 0. The van der Waals surface area contributed by atoms with Crippen molar-refractivity contribution in [1.29, 1.82) is 0 Å². The predicted molar refractivity (Wildman–Crippen MR) is 179 cm³/mol. The minimum atomic E-state index is -0.138. The summed E-state index contributed by atoms with van der Waals surface area (Å²) in [6.45, 7) is 3.07. The van der Waals surface area contributed by atoms with Gasteiger partial charge in [0.2, 0.25) is 5.91 Å². The molecule has 232 valence electrons. The SMILES string of the molecule is CCC=CCC=CCC=CCC=CCC=CCC(=O)N[C@H]1CCN(C(=O)COc2ccc(C(=O)c3ccc(Cl)cc3)cc2)C1. The lowest BCUT2D eigenvalue weighted by Gasteiger charge is -2.17. The normalized spacial score (nSPS) is 15.4. The van der Waals surface area contributed by atoms with Gasteiger partial charge in [0, 0.05) is 41.7 Å². The van der Waals surface area contributed by atoms with Crippen LogP contribution in [0, 0.1) is 0 Å². The Labute approximate surface area is 266 Å². The first kappa shape index (κ1) is 34.3. The highest BCUT2D eigenvalue weighted by Gasteiger charge is 2.27. The van der Waals surface area contributed by atoms with Gasteiger partial charge in [0.15, 0.2) is 12.4 Å². The Bertz CT molecular complexity index is 1340. The summed E-state index contributed by atoms with van der Waals surface area (Å²) in [6, 6.07) is 13.4. The van der Waals surface area contributed by atoms with E-state index < -0.39 is 0 Å². The third-order valence-corrected chi connectivity index (χ3v) is 7.20. The highest BCUT2D eigenvalue weighted by Crippen LogP contribution is 2.18. The van der Waals surface area contributed by atoms with Gasteiger partial charge in [-0.1, -0.05) is 79.3 Å². The molecule has 0 aliphatic carbocycles. The zero-order chi connectivity index (χ0) is 31.4. The number of allylic oxidation sites excluding steroid dienone is 9. The predicted octanol–water partition coefficient (Wildman–Crippen LogP) is 7.81.